The van der Waals surface area contributed by atoms with Gasteiger partial charge in [-0.25, -0.2) is 13.2 Å². The van der Waals surface area contributed by atoms with Gasteiger partial charge >= 0.3 is 0 Å². The van der Waals surface area contributed by atoms with Crippen molar-refractivity contribution in [2.75, 3.05) is 6.61 Å². The minimum Gasteiger partial charge on any atom is -0.506 e. The number of hydrogen-bond acceptors (Lipinski definition) is 3. The van der Waals surface area contributed by atoms with Gasteiger partial charge in [-0.15, -0.1) is 0 Å². The summed E-state index contributed by atoms with van der Waals surface area (Å²) >= 11 is 2.80. The predicted molar refractivity (Wildman–Crippen MR) is 54.7 cm³/mol. The summed E-state index contributed by atoms with van der Waals surface area (Å²) < 4.78 is 39.0. The molecule has 0 aromatic heterocycles. The van der Waals surface area contributed by atoms with Crippen molar-refractivity contribution in [3.05, 3.63) is 28.0 Å². The zero-order valence-electron chi connectivity index (χ0n) is 7.92. The molecule has 90 valence electrons. The van der Waals surface area contributed by atoms with E-state index in [-0.39, 0.29) is 4.47 Å². The maximum absolute atomic E-state index is 13.1. The molecule has 0 spiro atoms. The Balaban J connectivity index is 3.23. The van der Waals surface area contributed by atoms with E-state index in [1.807, 2.05) is 0 Å². The molecule has 4 N–H and O–H groups in total. The number of benzene rings is 1. The molecule has 0 bridgehead atoms. The van der Waals surface area contributed by atoms with Gasteiger partial charge in [-0.2, -0.15) is 0 Å². The van der Waals surface area contributed by atoms with Crippen molar-refractivity contribution in [2.45, 2.75) is 12.0 Å². The van der Waals surface area contributed by atoms with E-state index < -0.39 is 35.7 Å². The lowest BCUT2D eigenvalue weighted by Gasteiger charge is -2.22. The van der Waals surface area contributed by atoms with E-state index in [4.69, 9.17) is 10.8 Å². The van der Waals surface area contributed by atoms with Crippen LogP contribution in [0.15, 0.2) is 16.6 Å². The van der Waals surface area contributed by atoms with Crippen LogP contribution in [0.2, 0.25) is 0 Å². The average molecular weight is 300 g/mol. The summed E-state index contributed by atoms with van der Waals surface area (Å²) in [5.41, 5.74) is 4.70. The molecule has 0 heterocycles. The molecule has 0 amide bonds. The first kappa shape index (κ1) is 13.3. The van der Waals surface area contributed by atoms with Crippen LogP contribution in [0, 0.1) is 5.82 Å². The Kier molecular flexibility index (Phi) is 3.82. The smallest absolute Gasteiger partial charge is 0.289 e. The van der Waals surface area contributed by atoms with Crippen LogP contribution in [0.25, 0.3) is 0 Å². The Morgan fingerprint density at radius 3 is 2.50 bits per heavy atom. The average Bonchev–Trinajstić information content (AvgIpc) is 2.22. The second-order valence-corrected chi connectivity index (χ2v) is 4.08. The summed E-state index contributed by atoms with van der Waals surface area (Å²) in [6.07, 6.45) is 0. The molecule has 0 aliphatic rings. The van der Waals surface area contributed by atoms with Crippen LogP contribution in [0.5, 0.6) is 5.75 Å². The van der Waals surface area contributed by atoms with Crippen molar-refractivity contribution in [3.63, 3.8) is 0 Å². The number of phenols is 1. The number of aliphatic hydroxyl groups excluding tert-OH is 1. The molecule has 7 heteroatoms. The lowest BCUT2D eigenvalue weighted by molar-refractivity contribution is -0.0716. The number of halogens is 4. The predicted octanol–water partition coefficient (Wildman–Crippen LogP) is 1.92. The van der Waals surface area contributed by atoms with Gasteiger partial charge in [0.05, 0.1) is 4.47 Å². The second-order valence-electron chi connectivity index (χ2n) is 3.22. The van der Waals surface area contributed by atoms with Gasteiger partial charge in [-0.05, 0) is 28.1 Å². The molecule has 0 saturated heterocycles. The quantitative estimate of drug-likeness (QED) is 0.799. The zero-order valence-corrected chi connectivity index (χ0v) is 9.51. The number of rotatable bonds is 3. The van der Waals surface area contributed by atoms with Gasteiger partial charge in [0.15, 0.2) is 0 Å². The maximum atomic E-state index is 13.1. The van der Waals surface area contributed by atoms with Gasteiger partial charge in [0.25, 0.3) is 5.92 Å². The van der Waals surface area contributed by atoms with E-state index in [1.54, 1.807) is 0 Å². The third kappa shape index (κ3) is 2.47. The van der Waals surface area contributed by atoms with Crippen LogP contribution in [0.1, 0.15) is 11.6 Å². The summed E-state index contributed by atoms with van der Waals surface area (Å²) in [6.45, 7) is -1.48. The number of phenolic OH excluding ortho intramolecular Hbond substituents is 1. The molecular weight excluding hydrogens is 291 g/mol. The first-order valence-electron chi connectivity index (χ1n) is 4.21. The highest BCUT2D eigenvalue weighted by Gasteiger charge is 2.39. The molecule has 1 aromatic rings. The minimum absolute atomic E-state index is 0.0771. The number of aromatic hydroxyl groups is 1. The van der Waals surface area contributed by atoms with Crippen molar-refractivity contribution in [3.8, 4) is 5.75 Å². The Hall–Kier alpha value is -0.790. The highest BCUT2D eigenvalue weighted by molar-refractivity contribution is 9.10. The molecule has 1 atom stereocenters. The summed E-state index contributed by atoms with van der Waals surface area (Å²) in [6, 6.07) is -0.360. The van der Waals surface area contributed by atoms with Crippen molar-refractivity contribution < 1.29 is 23.4 Å². The van der Waals surface area contributed by atoms with Gasteiger partial charge in [-0.3, -0.25) is 0 Å². The maximum Gasteiger partial charge on any atom is 0.289 e. The molecule has 3 nitrogen and oxygen atoms in total. The van der Waals surface area contributed by atoms with Gasteiger partial charge in [-0.1, -0.05) is 0 Å². The van der Waals surface area contributed by atoms with Gasteiger partial charge in [0, 0.05) is 5.56 Å². The van der Waals surface area contributed by atoms with Gasteiger partial charge in [0.1, 0.15) is 24.2 Å². The van der Waals surface area contributed by atoms with Gasteiger partial charge in [0.2, 0.25) is 0 Å². The molecule has 0 saturated carbocycles. The van der Waals surface area contributed by atoms with Crippen LogP contribution in [0.3, 0.4) is 0 Å². The van der Waals surface area contributed by atoms with Crippen LogP contribution >= 0.6 is 15.9 Å². The lowest BCUT2D eigenvalue weighted by Crippen LogP contribution is -2.36. The molecule has 0 fully saturated rings. The highest BCUT2D eigenvalue weighted by Crippen LogP contribution is 2.38. The number of alkyl halides is 2. The molecule has 0 aliphatic heterocycles. The summed E-state index contributed by atoms with van der Waals surface area (Å²) in [7, 11) is 0. The van der Waals surface area contributed by atoms with Gasteiger partial charge < -0.3 is 15.9 Å². The Morgan fingerprint density at radius 2 is 2.00 bits per heavy atom. The van der Waals surface area contributed by atoms with E-state index in [9.17, 15) is 18.3 Å². The van der Waals surface area contributed by atoms with Crippen LogP contribution in [-0.2, 0) is 0 Å². The standard InChI is InChI=1S/C9H9BrF3NO2/c10-6-2-4(11)1-5(7(6)16)8(14)9(12,13)3-15/h1-2,8,15-16H,3,14H2/t8-/m0/s1. The minimum atomic E-state index is -3.63. The SMILES string of the molecule is N[C@@H](c1cc(F)cc(Br)c1O)C(F)(F)CO. The van der Waals surface area contributed by atoms with Crippen molar-refractivity contribution in [1.29, 1.82) is 0 Å². The Labute approximate surface area is 97.8 Å². The molecule has 16 heavy (non-hydrogen) atoms. The summed E-state index contributed by atoms with van der Waals surface area (Å²) in [4.78, 5) is 0. The Bertz CT molecular complexity index is 401. The number of nitrogens with two attached hydrogens (primary N) is 1. The van der Waals surface area contributed by atoms with Crippen molar-refractivity contribution in [2.24, 2.45) is 5.73 Å². The molecular formula is C9H9BrF3NO2. The normalized spacial score (nSPS) is 13.9. The highest BCUT2D eigenvalue weighted by atomic mass is 79.9. The first-order chi connectivity index (χ1) is 7.29. The number of hydrogen-bond donors (Lipinski definition) is 3. The topological polar surface area (TPSA) is 66.5 Å². The third-order valence-electron chi connectivity index (χ3n) is 2.06. The summed E-state index contributed by atoms with van der Waals surface area (Å²) in [5.74, 6) is -5.02. The molecule has 1 aromatic carbocycles. The first-order valence-corrected chi connectivity index (χ1v) is 5.01. The van der Waals surface area contributed by atoms with E-state index in [0.717, 1.165) is 6.07 Å². The largest absolute Gasteiger partial charge is 0.506 e. The molecule has 0 aliphatic carbocycles. The van der Waals surface area contributed by atoms with Crippen molar-refractivity contribution in [1.82, 2.24) is 0 Å². The van der Waals surface area contributed by atoms with Crippen molar-refractivity contribution >= 4 is 15.9 Å². The number of aliphatic hydroxyl groups is 1. The fourth-order valence-electron chi connectivity index (χ4n) is 1.15. The third-order valence-corrected chi connectivity index (χ3v) is 2.66. The van der Waals surface area contributed by atoms with Crippen LogP contribution in [-0.4, -0.2) is 22.7 Å². The lowest BCUT2D eigenvalue weighted by atomic mass is 10.0. The second kappa shape index (κ2) is 4.60. The van der Waals surface area contributed by atoms with E-state index >= 15 is 0 Å². The Morgan fingerprint density at radius 1 is 1.44 bits per heavy atom. The fraction of sp³-hybridized carbons (Fsp3) is 0.333. The zero-order chi connectivity index (χ0) is 12.5. The fourth-order valence-corrected chi connectivity index (χ4v) is 1.60. The molecule has 1 rings (SSSR count). The van der Waals surface area contributed by atoms with E-state index in [2.05, 4.69) is 15.9 Å². The molecule has 0 unspecified atom stereocenters. The van der Waals surface area contributed by atoms with E-state index in [1.165, 1.54) is 0 Å². The summed E-state index contributed by atoms with van der Waals surface area (Å²) in [5, 5.41) is 17.9. The van der Waals surface area contributed by atoms with E-state index in [0.29, 0.717) is 6.07 Å². The molecule has 0 radical (unpaired) electrons. The van der Waals surface area contributed by atoms with Crippen LogP contribution < -0.4 is 5.73 Å². The monoisotopic (exact) mass is 299 g/mol. The van der Waals surface area contributed by atoms with Crippen LogP contribution in [0.4, 0.5) is 13.2 Å².